The third-order valence-electron chi connectivity index (χ3n) is 3.15. The van der Waals surface area contributed by atoms with Crippen LogP contribution < -0.4 is 5.73 Å². The largest absolute Gasteiger partial charge is 0.398 e. The number of carbonyl (C=O) groups is 1. The molecular formula is C16H26N2O3. The number of aryl methyl sites for hydroxylation is 1. The van der Waals surface area contributed by atoms with E-state index >= 15 is 0 Å². The molecule has 118 valence electrons. The van der Waals surface area contributed by atoms with Gasteiger partial charge in [-0.3, -0.25) is 4.79 Å². The minimum Gasteiger partial charge on any atom is -0.398 e. The molecule has 1 aromatic carbocycles. The van der Waals surface area contributed by atoms with Gasteiger partial charge in [0.05, 0.1) is 18.8 Å². The van der Waals surface area contributed by atoms with Crippen molar-refractivity contribution >= 4 is 11.6 Å². The number of ether oxygens (including phenoxy) is 2. The van der Waals surface area contributed by atoms with Crippen molar-refractivity contribution in [1.82, 2.24) is 4.90 Å². The van der Waals surface area contributed by atoms with E-state index in [4.69, 9.17) is 15.2 Å². The lowest BCUT2D eigenvalue weighted by Gasteiger charge is -2.23. The van der Waals surface area contributed by atoms with Crippen molar-refractivity contribution in [1.29, 1.82) is 0 Å². The lowest BCUT2D eigenvalue weighted by atomic mass is 10.1. The van der Waals surface area contributed by atoms with Crippen LogP contribution in [0.2, 0.25) is 0 Å². The van der Waals surface area contributed by atoms with Gasteiger partial charge in [0.25, 0.3) is 5.91 Å². The third kappa shape index (κ3) is 5.73. The number of nitrogens with two attached hydrogens (primary N) is 1. The molecule has 5 heteroatoms. The highest BCUT2D eigenvalue weighted by Crippen LogP contribution is 2.16. The highest BCUT2D eigenvalue weighted by molar-refractivity contribution is 5.99. The highest BCUT2D eigenvalue weighted by atomic mass is 16.5. The molecule has 0 radical (unpaired) electrons. The Bertz CT molecular complexity index is 439. The molecule has 1 rings (SSSR count). The lowest BCUT2D eigenvalue weighted by Crippen LogP contribution is -2.37. The molecule has 0 atom stereocenters. The van der Waals surface area contributed by atoms with Crippen LogP contribution in [0.1, 0.15) is 29.8 Å². The number of anilines is 1. The molecule has 0 bridgehead atoms. The van der Waals surface area contributed by atoms with Crippen molar-refractivity contribution in [2.24, 2.45) is 0 Å². The number of amides is 1. The van der Waals surface area contributed by atoms with Gasteiger partial charge in [-0.2, -0.15) is 0 Å². The van der Waals surface area contributed by atoms with E-state index in [2.05, 4.69) is 0 Å². The van der Waals surface area contributed by atoms with Crippen molar-refractivity contribution in [2.75, 3.05) is 45.3 Å². The SMILES string of the molecule is CCOCCN(CCOCC)C(=O)c1cc(C)ccc1N. The first-order valence-corrected chi connectivity index (χ1v) is 7.41. The predicted molar refractivity (Wildman–Crippen MR) is 84.5 cm³/mol. The van der Waals surface area contributed by atoms with Crippen LogP contribution in [0, 0.1) is 6.92 Å². The Kier molecular flexibility index (Phi) is 7.79. The summed E-state index contributed by atoms with van der Waals surface area (Å²) in [7, 11) is 0. The maximum Gasteiger partial charge on any atom is 0.256 e. The van der Waals surface area contributed by atoms with Crippen LogP contribution in [0.25, 0.3) is 0 Å². The zero-order chi connectivity index (χ0) is 15.7. The zero-order valence-corrected chi connectivity index (χ0v) is 13.2. The smallest absolute Gasteiger partial charge is 0.256 e. The summed E-state index contributed by atoms with van der Waals surface area (Å²) in [6.45, 7) is 9.19. The van der Waals surface area contributed by atoms with E-state index < -0.39 is 0 Å². The van der Waals surface area contributed by atoms with Crippen LogP contribution in [0.3, 0.4) is 0 Å². The monoisotopic (exact) mass is 294 g/mol. The third-order valence-corrected chi connectivity index (χ3v) is 3.15. The highest BCUT2D eigenvalue weighted by Gasteiger charge is 2.18. The van der Waals surface area contributed by atoms with Crippen LogP contribution in [0.5, 0.6) is 0 Å². The Morgan fingerprint density at radius 2 is 1.71 bits per heavy atom. The van der Waals surface area contributed by atoms with E-state index in [0.29, 0.717) is 50.8 Å². The Balaban J connectivity index is 2.79. The summed E-state index contributed by atoms with van der Waals surface area (Å²) in [5, 5.41) is 0. The lowest BCUT2D eigenvalue weighted by molar-refractivity contribution is 0.0551. The number of rotatable bonds is 9. The van der Waals surface area contributed by atoms with Crippen LogP contribution in [0.4, 0.5) is 5.69 Å². The first-order chi connectivity index (χ1) is 10.1. The fourth-order valence-electron chi connectivity index (χ4n) is 1.98. The Labute approximate surface area is 127 Å². The number of nitrogen functional groups attached to an aromatic ring is 1. The van der Waals surface area contributed by atoms with Crippen LogP contribution >= 0.6 is 0 Å². The van der Waals surface area contributed by atoms with E-state index in [1.165, 1.54) is 0 Å². The zero-order valence-electron chi connectivity index (χ0n) is 13.2. The summed E-state index contributed by atoms with van der Waals surface area (Å²) in [5.74, 6) is -0.0735. The van der Waals surface area contributed by atoms with Crippen molar-refractivity contribution in [3.05, 3.63) is 29.3 Å². The summed E-state index contributed by atoms with van der Waals surface area (Å²) in [4.78, 5) is 14.4. The van der Waals surface area contributed by atoms with Gasteiger partial charge in [0, 0.05) is 32.0 Å². The predicted octanol–water partition coefficient (Wildman–Crippen LogP) is 2.09. The maximum absolute atomic E-state index is 12.6. The topological polar surface area (TPSA) is 64.8 Å². The van der Waals surface area contributed by atoms with Gasteiger partial charge in [-0.25, -0.2) is 0 Å². The van der Waals surface area contributed by atoms with E-state index in [-0.39, 0.29) is 5.91 Å². The molecule has 5 nitrogen and oxygen atoms in total. The van der Waals surface area contributed by atoms with Gasteiger partial charge >= 0.3 is 0 Å². The minimum atomic E-state index is -0.0735. The van der Waals surface area contributed by atoms with Crippen LogP contribution in [-0.4, -0.2) is 50.3 Å². The fourth-order valence-corrected chi connectivity index (χ4v) is 1.98. The second-order valence-corrected chi connectivity index (χ2v) is 4.78. The molecule has 0 heterocycles. The second kappa shape index (κ2) is 9.37. The molecule has 0 fully saturated rings. The van der Waals surface area contributed by atoms with Gasteiger partial charge in [0.15, 0.2) is 0 Å². The van der Waals surface area contributed by atoms with Gasteiger partial charge in [0.2, 0.25) is 0 Å². The van der Waals surface area contributed by atoms with Crippen molar-refractivity contribution < 1.29 is 14.3 Å². The van der Waals surface area contributed by atoms with E-state index in [0.717, 1.165) is 5.56 Å². The van der Waals surface area contributed by atoms with Gasteiger partial charge in [-0.1, -0.05) is 11.6 Å². The van der Waals surface area contributed by atoms with Crippen molar-refractivity contribution in [2.45, 2.75) is 20.8 Å². The summed E-state index contributed by atoms with van der Waals surface area (Å²) in [5.41, 5.74) is 7.99. The van der Waals surface area contributed by atoms with Gasteiger partial charge in [0.1, 0.15) is 0 Å². The van der Waals surface area contributed by atoms with E-state index in [1.54, 1.807) is 11.0 Å². The summed E-state index contributed by atoms with van der Waals surface area (Å²) < 4.78 is 10.7. The quantitative estimate of drug-likeness (QED) is 0.559. The van der Waals surface area contributed by atoms with Gasteiger partial charge < -0.3 is 20.1 Å². The average molecular weight is 294 g/mol. The molecule has 0 aliphatic heterocycles. The molecule has 0 aliphatic rings. The number of benzene rings is 1. The molecule has 0 unspecified atom stereocenters. The van der Waals surface area contributed by atoms with Crippen LogP contribution in [0.15, 0.2) is 18.2 Å². The minimum absolute atomic E-state index is 0.0735. The van der Waals surface area contributed by atoms with Gasteiger partial charge in [-0.05, 0) is 32.9 Å². The Morgan fingerprint density at radius 1 is 1.14 bits per heavy atom. The van der Waals surface area contributed by atoms with Crippen molar-refractivity contribution in [3.8, 4) is 0 Å². The Morgan fingerprint density at radius 3 is 2.24 bits per heavy atom. The summed E-state index contributed by atoms with van der Waals surface area (Å²) in [6, 6.07) is 5.49. The average Bonchev–Trinajstić information content (AvgIpc) is 2.48. The van der Waals surface area contributed by atoms with E-state index in [9.17, 15) is 4.79 Å². The first-order valence-electron chi connectivity index (χ1n) is 7.41. The first kappa shape index (κ1) is 17.5. The molecule has 21 heavy (non-hydrogen) atoms. The molecule has 0 aliphatic carbocycles. The van der Waals surface area contributed by atoms with Crippen LogP contribution in [-0.2, 0) is 9.47 Å². The summed E-state index contributed by atoms with van der Waals surface area (Å²) >= 11 is 0. The normalized spacial score (nSPS) is 10.6. The van der Waals surface area contributed by atoms with Crippen molar-refractivity contribution in [3.63, 3.8) is 0 Å². The number of nitrogens with zero attached hydrogens (tertiary/aromatic N) is 1. The second-order valence-electron chi connectivity index (χ2n) is 4.78. The summed E-state index contributed by atoms with van der Waals surface area (Å²) in [6.07, 6.45) is 0. The standard InChI is InChI=1S/C16H26N2O3/c1-4-20-10-8-18(9-11-21-5-2)16(19)14-12-13(3)6-7-15(14)17/h6-7,12H,4-5,8-11,17H2,1-3H3. The number of hydrogen-bond acceptors (Lipinski definition) is 4. The maximum atomic E-state index is 12.6. The Hall–Kier alpha value is -1.59. The number of carbonyl (C=O) groups excluding carboxylic acids is 1. The molecule has 1 amide bonds. The molecule has 0 saturated carbocycles. The number of hydrogen-bond donors (Lipinski definition) is 1. The molecule has 0 aromatic heterocycles. The molecule has 0 saturated heterocycles. The molecular weight excluding hydrogens is 268 g/mol. The van der Waals surface area contributed by atoms with E-state index in [1.807, 2.05) is 32.9 Å². The fraction of sp³-hybridized carbons (Fsp3) is 0.562. The van der Waals surface area contributed by atoms with Gasteiger partial charge in [-0.15, -0.1) is 0 Å². The molecule has 1 aromatic rings. The molecule has 2 N–H and O–H groups in total. The molecule has 0 spiro atoms.